The number of rotatable bonds is 7. The summed E-state index contributed by atoms with van der Waals surface area (Å²) in [7, 11) is 0. The molecule has 0 unspecified atom stereocenters. The van der Waals surface area contributed by atoms with Gasteiger partial charge in [-0.1, -0.05) is 24.8 Å². The van der Waals surface area contributed by atoms with Crippen molar-refractivity contribution in [2.24, 2.45) is 0 Å². The number of nitrogens with one attached hydrogen (secondary N) is 1. The zero-order chi connectivity index (χ0) is 20.7. The van der Waals surface area contributed by atoms with E-state index in [1.54, 1.807) is 59.8 Å². The van der Waals surface area contributed by atoms with Gasteiger partial charge in [0.2, 0.25) is 0 Å². The first-order chi connectivity index (χ1) is 12.4. The van der Waals surface area contributed by atoms with Crippen molar-refractivity contribution in [3.05, 3.63) is 42.5 Å². The van der Waals surface area contributed by atoms with E-state index in [4.69, 9.17) is 14.2 Å². The van der Waals surface area contributed by atoms with Gasteiger partial charge in [-0.2, -0.15) is 0 Å². The Morgan fingerprint density at radius 1 is 1.04 bits per heavy atom. The van der Waals surface area contributed by atoms with E-state index in [0.717, 1.165) is 5.56 Å². The second kappa shape index (κ2) is 9.44. The summed E-state index contributed by atoms with van der Waals surface area (Å²) < 4.78 is 16.1. The molecule has 6 heteroatoms. The third-order valence-electron chi connectivity index (χ3n) is 3.11. The third-order valence-corrected chi connectivity index (χ3v) is 3.11. The van der Waals surface area contributed by atoms with Crippen LogP contribution in [0.5, 0.6) is 5.75 Å². The fourth-order valence-electron chi connectivity index (χ4n) is 2.13. The average molecular weight is 377 g/mol. The molecule has 150 valence electrons. The van der Waals surface area contributed by atoms with Crippen LogP contribution in [0.1, 0.15) is 47.1 Å². The molecule has 0 saturated carbocycles. The monoisotopic (exact) mass is 377 g/mol. The van der Waals surface area contributed by atoms with Gasteiger partial charge in [-0.25, -0.2) is 9.59 Å². The molecule has 6 nitrogen and oxygen atoms in total. The normalized spacial score (nSPS) is 12.7. The Labute approximate surface area is 161 Å². The van der Waals surface area contributed by atoms with Gasteiger partial charge >= 0.3 is 12.1 Å². The van der Waals surface area contributed by atoms with E-state index in [2.05, 4.69) is 11.9 Å². The maximum absolute atomic E-state index is 12.5. The third kappa shape index (κ3) is 9.68. The van der Waals surface area contributed by atoms with Crippen molar-refractivity contribution in [1.29, 1.82) is 0 Å². The minimum Gasteiger partial charge on any atom is -0.490 e. The van der Waals surface area contributed by atoms with Crippen molar-refractivity contribution < 1.29 is 23.8 Å². The lowest BCUT2D eigenvalue weighted by atomic mass is 10.1. The van der Waals surface area contributed by atoms with Crippen LogP contribution < -0.4 is 10.1 Å². The minimum absolute atomic E-state index is 0.274. The molecule has 1 rings (SSSR count). The van der Waals surface area contributed by atoms with Crippen LogP contribution in [0.2, 0.25) is 0 Å². The number of esters is 1. The van der Waals surface area contributed by atoms with Gasteiger partial charge in [0.25, 0.3) is 0 Å². The Morgan fingerprint density at radius 3 is 2.07 bits per heavy atom. The summed E-state index contributed by atoms with van der Waals surface area (Å²) in [6.45, 7) is 14.6. The number of benzene rings is 1. The molecule has 0 fully saturated rings. The lowest BCUT2D eigenvalue weighted by Crippen LogP contribution is -2.47. The summed E-state index contributed by atoms with van der Waals surface area (Å²) in [5, 5.41) is 2.61. The molecule has 1 aromatic carbocycles. The van der Waals surface area contributed by atoms with Crippen LogP contribution in [-0.2, 0) is 20.7 Å². The van der Waals surface area contributed by atoms with Gasteiger partial charge in [-0.3, -0.25) is 0 Å². The first-order valence-corrected chi connectivity index (χ1v) is 8.94. The first-order valence-electron chi connectivity index (χ1n) is 8.94. The second-order valence-electron chi connectivity index (χ2n) is 8.18. The molecular formula is C21H31NO5. The highest BCUT2D eigenvalue weighted by molar-refractivity contribution is 5.82. The van der Waals surface area contributed by atoms with Crippen LogP contribution >= 0.6 is 0 Å². The largest absolute Gasteiger partial charge is 0.490 e. The molecule has 1 N–H and O–H groups in total. The zero-order valence-corrected chi connectivity index (χ0v) is 17.1. The molecule has 0 aromatic heterocycles. The topological polar surface area (TPSA) is 73.9 Å². The molecule has 27 heavy (non-hydrogen) atoms. The van der Waals surface area contributed by atoms with Crippen molar-refractivity contribution in [2.45, 2.75) is 65.2 Å². The highest BCUT2D eigenvalue weighted by atomic mass is 16.6. The molecule has 0 heterocycles. The molecule has 0 saturated heterocycles. The standard InChI is InChI=1S/C21H31NO5/c1-8-13-25-16-11-9-15(10-12-16)14-17(18(23)26-20(2,3)4)22-19(24)27-21(5,6)7/h8-12,17H,1,13-14H2,2-7H3,(H,22,24)/t17-/m0/s1. The van der Waals surface area contributed by atoms with E-state index in [-0.39, 0.29) is 6.42 Å². The molecule has 1 amide bonds. The number of ether oxygens (including phenoxy) is 3. The summed E-state index contributed by atoms with van der Waals surface area (Å²) >= 11 is 0. The number of carbonyl (C=O) groups is 2. The Bertz CT molecular complexity index is 638. The highest BCUT2D eigenvalue weighted by Crippen LogP contribution is 2.16. The van der Waals surface area contributed by atoms with Crippen molar-refractivity contribution in [1.82, 2.24) is 5.32 Å². The molecule has 0 aliphatic rings. The average Bonchev–Trinajstić information content (AvgIpc) is 2.50. The molecule has 0 bridgehead atoms. The summed E-state index contributed by atoms with van der Waals surface area (Å²) in [4.78, 5) is 24.7. The van der Waals surface area contributed by atoms with Crippen molar-refractivity contribution in [3.63, 3.8) is 0 Å². The van der Waals surface area contributed by atoms with Crippen LogP contribution in [0.4, 0.5) is 4.79 Å². The maximum Gasteiger partial charge on any atom is 0.408 e. The van der Waals surface area contributed by atoms with Gasteiger partial charge < -0.3 is 19.5 Å². The summed E-state index contributed by atoms with van der Waals surface area (Å²) in [6, 6.07) is 6.43. The zero-order valence-electron chi connectivity index (χ0n) is 17.1. The SMILES string of the molecule is C=CCOc1ccc(C[C@H](NC(=O)OC(C)(C)C)C(=O)OC(C)(C)C)cc1. The van der Waals surface area contributed by atoms with Crippen molar-refractivity contribution in [3.8, 4) is 5.75 Å². The van der Waals surface area contributed by atoms with Gasteiger partial charge in [-0.15, -0.1) is 0 Å². The Morgan fingerprint density at radius 2 is 1.59 bits per heavy atom. The highest BCUT2D eigenvalue weighted by Gasteiger charge is 2.28. The van der Waals surface area contributed by atoms with E-state index < -0.39 is 29.3 Å². The molecule has 1 aromatic rings. The van der Waals surface area contributed by atoms with Gasteiger partial charge in [0.15, 0.2) is 0 Å². The first kappa shape index (κ1) is 22.5. The number of carbonyl (C=O) groups excluding carboxylic acids is 2. The molecule has 0 aliphatic carbocycles. The Balaban J connectivity index is 2.88. The van der Waals surface area contributed by atoms with E-state index in [1.807, 2.05) is 12.1 Å². The number of alkyl carbamates (subject to hydrolysis) is 1. The van der Waals surface area contributed by atoms with E-state index >= 15 is 0 Å². The molecule has 1 atom stereocenters. The number of hydrogen-bond acceptors (Lipinski definition) is 5. The van der Waals surface area contributed by atoms with Crippen LogP contribution in [0.3, 0.4) is 0 Å². The second-order valence-corrected chi connectivity index (χ2v) is 8.18. The van der Waals surface area contributed by atoms with Crippen LogP contribution in [0.15, 0.2) is 36.9 Å². The van der Waals surface area contributed by atoms with Crippen molar-refractivity contribution in [2.75, 3.05) is 6.61 Å². The van der Waals surface area contributed by atoms with Crippen LogP contribution in [-0.4, -0.2) is 35.9 Å². The van der Waals surface area contributed by atoms with E-state index in [9.17, 15) is 9.59 Å². The molecule has 0 spiro atoms. The smallest absolute Gasteiger partial charge is 0.408 e. The van der Waals surface area contributed by atoms with Crippen LogP contribution in [0.25, 0.3) is 0 Å². The fraction of sp³-hybridized carbons (Fsp3) is 0.524. The summed E-state index contributed by atoms with van der Waals surface area (Å²) in [5.41, 5.74) is -0.465. The Hall–Kier alpha value is -2.50. The molecule has 0 aliphatic heterocycles. The lowest BCUT2D eigenvalue weighted by molar-refractivity contribution is -0.157. The van der Waals surface area contributed by atoms with Gasteiger partial charge in [-0.05, 0) is 59.2 Å². The summed E-state index contributed by atoms with van der Waals surface area (Å²) in [6.07, 6.45) is 1.27. The fourth-order valence-corrected chi connectivity index (χ4v) is 2.13. The number of amides is 1. The summed E-state index contributed by atoms with van der Waals surface area (Å²) in [5.74, 6) is 0.188. The van der Waals surface area contributed by atoms with Gasteiger partial charge in [0, 0.05) is 6.42 Å². The predicted molar refractivity (Wildman–Crippen MR) is 105 cm³/mol. The maximum atomic E-state index is 12.5. The minimum atomic E-state index is -0.862. The number of hydrogen-bond donors (Lipinski definition) is 1. The lowest BCUT2D eigenvalue weighted by Gasteiger charge is -2.26. The quantitative estimate of drug-likeness (QED) is 0.574. The Kier molecular flexibility index (Phi) is 7.88. The van der Waals surface area contributed by atoms with E-state index in [0.29, 0.717) is 12.4 Å². The van der Waals surface area contributed by atoms with Crippen LogP contribution in [0, 0.1) is 0 Å². The van der Waals surface area contributed by atoms with Crippen molar-refractivity contribution >= 4 is 12.1 Å². The van der Waals surface area contributed by atoms with E-state index in [1.165, 1.54) is 0 Å². The predicted octanol–water partition coefficient (Wildman–Crippen LogP) is 4.03. The molecular weight excluding hydrogens is 346 g/mol. The van der Waals surface area contributed by atoms with Gasteiger partial charge in [0.05, 0.1) is 0 Å². The molecule has 0 radical (unpaired) electrons. The van der Waals surface area contributed by atoms with Gasteiger partial charge in [0.1, 0.15) is 29.6 Å².